The predicted molar refractivity (Wildman–Crippen MR) is 115 cm³/mol. The van der Waals surface area contributed by atoms with E-state index in [4.69, 9.17) is 5.21 Å². The Morgan fingerprint density at radius 2 is 2.07 bits per heavy atom. The lowest BCUT2D eigenvalue weighted by atomic mass is 9.88. The van der Waals surface area contributed by atoms with Crippen LogP contribution in [-0.2, 0) is 16.6 Å². The highest BCUT2D eigenvalue weighted by Crippen LogP contribution is 2.33. The number of rotatable bonds is 6. The summed E-state index contributed by atoms with van der Waals surface area (Å²) in [5.74, 6) is -0.528. The number of likely N-dealkylation sites (tertiary alicyclic amines) is 1. The maximum absolute atomic E-state index is 11.1. The maximum Gasteiger partial charge on any atom is 0.267 e. The van der Waals surface area contributed by atoms with Crippen LogP contribution in [0.2, 0.25) is 0 Å². The average molecular weight is 397 g/mol. The van der Waals surface area contributed by atoms with Gasteiger partial charge in [0.2, 0.25) is 0 Å². The first-order chi connectivity index (χ1) is 13.8. The van der Waals surface area contributed by atoms with Crippen molar-refractivity contribution < 1.29 is 10.0 Å². The van der Waals surface area contributed by atoms with Crippen molar-refractivity contribution in [1.82, 2.24) is 20.6 Å². The normalized spacial score (nSPS) is 17.9. The third-order valence-corrected chi connectivity index (χ3v) is 5.66. The highest BCUT2D eigenvalue weighted by Gasteiger charge is 2.27. The molecule has 1 amide bonds. The van der Waals surface area contributed by atoms with Crippen molar-refractivity contribution in [1.29, 1.82) is 0 Å². The number of amides is 1. The Hall–Kier alpha value is -2.44. The third kappa shape index (κ3) is 5.14. The summed E-state index contributed by atoms with van der Waals surface area (Å²) in [4.78, 5) is 13.7. The molecule has 1 atom stereocenters. The lowest BCUT2D eigenvalue weighted by Gasteiger charge is -2.26. The minimum absolute atomic E-state index is 0.0424. The highest BCUT2D eigenvalue weighted by atomic mass is 16.5. The fourth-order valence-electron chi connectivity index (χ4n) is 4.14. The van der Waals surface area contributed by atoms with Crippen LogP contribution in [0.4, 0.5) is 0 Å². The predicted octanol–water partition coefficient (Wildman–Crippen LogP) is 3.91. The van der Waals surface area contributed by atoms with Crippen molar-refractivity contribution in [2.24, 2.45) is 0 Å². The summed E-state index contributed by atoms with van der Waals surface area (Å²) in [5, 5.41) is 16.3. The monoisotopic (exact) mass is 396 g/mol. The number of carbonyl (C=O) groups is 1. The maximum atomic E-state index is 11.1. The van der Waals surface area contributed by atoms with Gasteiger partial charge in [0.15, 0.2) is 0 Å². The molecule has 1 saturated heterocycles. The van der Waals surface area contributed by atoms with Crippen LogP contribution in [0.1, 0.15) is 67.7 Å². The van der Waals surface area contributed by atoms with E-state index in [1.165, 1.54) is 41.4 Å². The van der Waals surface area contributed by atoms with Gasteiger partial charge in [-0.05, 0) is 55.5 Å². The first-order valence-corrected chi connectivity index (χ1v) is 10.3. The lowest BCUT2D eigenvalue weighted by Crippen LogP contribution is -2.26. The van der Waals surface area contributed by atoms with Gasteiger partial charge in [-0.1, -0.05) is 45.0 Å². The van der Waals surface area contributed by atoms with E-state index in [1.807, 2.05) is 12.1 Å². The number of hydroxylamine groups is 1. The number of benzene rings is 1. The second kappa shape index (κ2) is 8.93. The topological polar surface area (TPSA) is 81.2 Å². The van der Waals surface area contributed by atoms with Gasteiger partial charge < -0.3 is 0 Å². The summed E-state index contributed by atoms with van der Waals surface area (Å²) in [6.45, 7) is 10.9. The van der Waals surface area contributed by atoms with Gasteiger partial charge in [0.05, 0.1) is 5.69 Å². The molecule has 6 heteroatoms. The number of aryl methyl sites for hydroxylation is 1. The molecular weight excluding hydrogens is 364 g/mol. The standard InChI is InChI=1S/C23H32N4O2/c1-16-19(22(25-24-16)23(2,3)4)13-15-27-14-5-6-20(27)18-10-7-17(8-11-18)9-12-21(28)26-29/h7-12,20,29H,5-6,13-15H2,1-4H3,(H,24,25)(H,26,28)/t20-/m0/s1. The number of H-pyrrole nitrogens is 1. The minimum atomic E-state index is -0.528. The van der Waals surface area contributed by atoms with Crippen LogP contribution in [0, 0.1) is 6.92 Å². The van der Waals surface area contributed by atoms with Gasteiger partial charge in [-0.25, -0.2) is 5.48 Å². The van der Waals surface area contributed by atoms with Crippen molar-refractivity contribution in [2.45, 2.75) is 58.4 Å². The molecule has 2 heterocycles. The highest BCUT2D eigenvalue weighted by molar-refractivity contribution is 5.90. The van der Waals surface area contributed by atoms with Crippen LogP contribution in [0.15, 0.2) is 30.3 Å². The van der Waals surface area contributed by atoms with E-state index in [9.17, 15) is 4.79 Å². The molecule has 1 aromatic carbocycles. The first-order valence-electron chi connectivity index (χ1n) is 10.3. The quantitative estimate of drug-likeness (QED) is 0.393. The summed E-state index contributed by atoms with van der Waals surface area (Å²) >= 11 is 0. The second-order valence-corrected chi connectivity index (χ2v) is 8.85. The molecule has 0 unspecified atom stereocenters. The van der Waals surface area contributed by atoms with Crippen molar-refractivity contribution in [2.75, 3.05) is 13.1 Å². The Morgan fingerprint density at radius 3 is 2.72 bits per heavy atom. The fourth-order valence-corrected chi connectivity index (χ4v) is 4.14. The molecule has 3 rings (SSSR count). The van der Waals surface area contributed by atoms with Gasteiger partial charge in [0.25, 0.3) is 5.91 Å². The van der Waals surface area contributed by atoms with Crippen molar-refractivity contribution in [3.05, 3.63) is 58.4 Å². The molecule has 0 spiro atoms. The molecule has 1 aromatic heterocycles. The van der Waals surface area contributed by atoms with E-state index < -0.39 is 5.91 Å². The average Bonchev–Trinajstić information content (AvgIpc) is 3.31. The van der Waals surface area contributed by atoms with Gasteiger partial charge in [0.1, 0.15) is 0 Å². The summed E-state index contributed by atoms with van der Waals surface area (Å²) in [6.07, 6.45) is 6.38. The van der Waals surface area contributed by atoms with Crippen LogP contribution in [0.25, 0.3) is 6.08 Å². The molecule has 3 N–H and O–H groups in total. The summed E-state index contributed by atoms with van der Waals surface area (Å²) in [5.41, 5.74) is 7.59. The SMILES string of the molecule is Cc1[nH]nc(C(C)(C)C)c1CCN1CCC[C@H]1c1ccc(C=CC(=O)NO)cc1. The van der Waals surface area contributed by atoms with Crippen LogP contribution < -0.4 is 5.48 Å². The molecular formula is C23H32N4O2. The molecule has 1 aliphatic rings. The van der Waals surface area contributed by atoms with Crippen molar-refractivity contribution in [3.8, 4) is 0 Å². The van der Waals surface area contributed by atoms with Crippen LogP contribution in [-0.4, -0.2) is 39.3 Å². The van der Waals surface area contributed by atoms with E-state index in [2.05, 4.69) is 54.9 Å². The fraction of sp³-hybridized carbons (Fsp3) is 0.478. The second-order valence-electron chi connectivity index (χ2n) is 8.85. The van der Waals surface area contributed by atoms with Gasteiger partial charge in [-0.15, -0.1) is 0 Å². The molecule has 0 radical (unpaired) electrons. The zero-order chi connectivity index (χ0) is 21.0. The minimum Gasteiger partial charge on any atom is -0.296 e. The van der Waals surface area contributed by atoms with E-state index >= 15 is 0 Å². The van der Waals surface area contributed by atoms with Gasteiger partial charge >= 0.3 is 0 Å². The van der Waals surface area contributed by atoms with Crippen LogP contribution in [0.5, 0.6) is 0 Å². The molecule has 2 aromatic rings. The van der Waals surface area contributed by atoms with Crippen molar-refractivity contribution in [3.63, 3.8) is 0 Å². The molecule has 1 aliphatic heterocycles. The van der Waals surface area contributed by atoms with Gasteiger partial charge in [0, 0.05) is 29.8 Å². The molecule has 1 fully saturated rings. The number of carbonyl (C=O) groups excluding carboxylic acids is 1. The Bertz CT molecular complexity index is 862. The smallest absolute Gasteiger partial charge is 0.267 e. The zero-order valence-corrected chi connectivity index (χ0v) is 17.8. The molecule has 0 bridgehead atoms. The Labute approximate surface area is 173 Å². The van der Waals surface area contributed by atoms with Crippen LogP contribution in [0.3, 0.4) is 0 Å². The lowest BCUT2D eigenvalue weighted by molar-refractivity contribution is -0.124. The number of hydrogen-bond donors (Lipinski definition) is 3. The molecule has 0 aliphatic carbocycles. The van der Waals surface area contributed by atoms with Gasteiger partial charge in [-0.3, -0.25) is 20.0 Å². The number of nitrogens with one attached hydrogen (secondary N) is 2. The van der Waals surface area contributed by atoms with E-state index in [-0.39, 0.29) is 5.41 Å². The molecule has 6 nitrogen and oxygen atoms in total. The molecule has 0 saturated carbocycles. The zero-order valence-electron chi connectivity index (χ0n) is 17.8. The molecule has 29 heavy (non-hydrogen) atoms. The number of aromatic nitrogens is 2. The largest absolute Gasteiger partial charge is 0.296 e. The number of hydrogen-bond acceptors (Lipinski definition) is 4. The molecule has 156 valence electrons. The summed E-state index contributed by atoms with van der Waals surface area (Å²) in [7, 11) is 0. The van der Waals surface area contributed by atoms with E-state index in [0.717, 1.165) is 25.1 Å². The van der Waals surface area contributed by atoms with Crippen molar-refractivity contribution >= 4 is 12.0 Å². The Kier molecular flexibility index (Phi) is 6.55. The third-order valence-electron chi connectivity index (χ3n) is 5.66. The summed E-state index contributed by atoms with van der Waals surface area (Å²) < 4.78 is 0. The Balaban J connectivity index is 1.67. The summed E-state index contributed by atoms with van der Waals surface area (Å²) in [6, 6.07) is 8.75. The Morgan fingerprint density at radius 1 is 1.34 bits per heavy atom. The van der Waals surface area contributed by atoms with Crippen LogP contribution >= 0.6 is 0 Å². The van der Waals surface area contributed by atoms with E-state index in [1.54, 1.807) is 11.6 Å². The van der Waals surface area contributed by atoms with Gasteiger partial charge in [-0.2, -0.15) is 5.10 Å². The number of nitrogens with zero attached hydrogens (tertiary/aromatic N) is 2. The number of aromatic amines is 1. The first kappa shape index (κ1) is 21.3. The van der Waals surface area contributed by atoms with E-state index in [0.29, 0.717) is 6.04 Å².